The van der Waals surface area contributed by atoms with Gasteiger partial charge in [-0.05, 0) is 29.8 Å². The SMILES string of the molecule is CS(=O)c1ccc(NC(=O)N(CCO)Cc2ccccc2)cc1. The lowest BCUT2D eigenvalue weighted by atomic mass is 10.2. The van der Waals surface area contributed by atoms with Crippen LogP contribution in [0.15, 0.2) is 59.5 Å². The molecule has 1 unspecified atom stereocenters. The lowest BCUT2D eigenvalue weighted by Gasteiger charge is -2.22. The van der Waals surface area contributed by atoms with Gasteiger partial charge in [0.05, 0.1) is 6.61 Å². The van der Waals surface area contributed by atoms with Crippen LogP contribution in [0.1, 0.15) is 5.56 Å². The number of anilines is 1. The van der Waals surface area contributed by atoms with Crippen molar-refractivity contribution in [3.8, 4) is 0 Å². The number of nitrogens with zero attached hydrogens (tertiary/aromatic N) is 1. The minimum absolute atomic E-state index is 0.103. The van der Waals surface area contributed by atoms with E-state index in [1.807, 2.05) is 30.3 Å². The Labute approximate surface area is 138 Å². The van der Waals surface area contributed by atoms with E-state index >= 15 is 0 Å². The second-order valence-corrected chi connectivity index (χ2v) is 6.42. The van der Waals surface area contributed by atoms with Crippen molar-refractivity contribution >= 4 is 22.5 Å². The number of urea groups is 1. The minimum atomic E-state index is -1.04. The normalized spacial score (nSPS) is 11.7. The first-order valence-corrected chi connectivity index (χ1v) is 8.80. The van der Waals surface area contributed by atoms with Crippen molar-refractivity contribution in [3.05, 3.63) is 60.2 Å². The molecule has 0 aromatic heterocycles. The van der Waals surface area contributed by atoms with Crippen molar-refractivity contribution in [2.75, 3.05) is 24.7 Å². The molecule has 2 rings (SSSR count). The van der Waals surface area contributed by atoms with Crippen LogP contribution in [-0.4, -0.2) is 39.7 Å². The molecular formula is C17H20N2O3S. The van der Waals surface area contributed by atoms with Crippen LogP contribution in [-0.2, 0) is 17.3 Å². The van der Waals surface area contributed by atoms with E-state index in [1.54, 1.807) is 35.4 Å². The zero-order valence-corrected chi connectivity index (χ0v) is 13.8. The molecule has 0 aliphatic carbocycles. The van der Waals surface area contributed by atoms with Crippen LogP contribution in [0.2, 0.25) is 0 Å². The Hall–Kier alpha value is -2.18. The van der Waals surface area contributed by atoms with E-state index in [0.717, 1.165) is 5.56 Å². The van der Waals surface area contributed by atoms with Gasteiger partial charge in [-0.2, -0.15) is 0 Å². The summed E-state index contributed by atoms with van der Waals surface area (Å²) in [6.07, 6.45) is 1.61. The number of nitrogens with one attached hydrogen (secondary N) is 1. The summed E-state index contributed by atoms with van der Waals surface area (Å²) in [5, 5.41) is 12.0. The molecule has 0 radical (unpaired) electrons. The third-order valence-corrected chi connectivity index (χ3v) is 4.25. The molecule has 1 atom stereocenters. The van der Waals surface area contributed by atoms with Crippen LogP contribution in [0.4, 0.5) is 10.5 Å². The summed E-state index contributed by atoms with van der Waals surface area (Å²) < 4.78 is 11.4. The number of rotatable bonds is 6. The van der Waals surface area contributed by atoms with Gasteiger partial charge in [0.1, 0.15) is 0 Å². The Balaban J connectivity index is 2.04. The third-order valence-electron chi connectivity index (χ3n) is 3.31. The molecule has 2 N–H and O–H groups in total. The van der Waals surface area contributed by atoms with Crippen molar-refractivity contribution in [2.24, 2.45) is 0 Å². The highest BCUT2D eigenvalue weighted by Gasteiger charge is 2.13. The summed E-state index contributed by atoms with van der Waals surface area (Å²) in [5.74, 6) is 0. The first-order valence-electron chi connectivity index (χ1n) is 7.24. The molecule has 6 heteroatoms. The molecule has 0 aliphatic rings. The Morgan fingerprint density at radius 2 is 1.78 bits per heavy atom. The van der Waals surface area contributed by atoms with E-state index in [2.05, 4.69) is 5.32 Å². The monoisotopic (exact) mass is 332 g/mol. The largest absolute Gasteiger partial charge is 0.395 e. The highest BCUT2D eigenvalue weighted by atomic mass is 32.2. The van der Waals surface area contributed by atoms with Gasteiger partial charge in [0.15, 0.2) is 0 Å². The first kappa shape index (κ1) is 17.2. The summed E-state index contributed by atoms with van der Waals surface area (Å²) in [7, 11) is -1.04. The predicted molar refractivity (Wildman–Crippen MR) is 91.7 cm³/mol. The van der Waals surface area contributed by atoms with Crippen molar-refractivity contribution < 1.29 is 14.1 Å². The molecule has 5 nitrogen and oxygen atoms in total. The third kappa shape index (κ3) is 5.19. The highest BCUT2D eigenvalue weighted by Crippen LogP contribution is 2.13. The highest BCUT2D eigenvalue weighted by molar-refractivity contribution is 7.84. The van der Waals surface area contributed by atoms with Crippen LogP contribution >= 0.6 is 0 Å². The number of aliphatic hydroxyl groups is 1. The first-order chi connectivity index (χ1) is 11.1. The molecule has 0 bridgehead atoms. The number of aliphatic hydroxyl groups excluding tert-OH is 1. The van der Waals surface area contributed by atoms with Gasteiger partial charge >= 0.3 is 6.03 Å². The van der Waals surface area contributed by atoms with E-state index in [-0.39, 0.29) is 19.2 Å². The second-order valence-electron chi connectivity index (χ2n) is 5.04. The number of amides is 2. The van der Waals surface area contributed by atoms with E-state index in [4.69, 9.17) is 0 Å². The van der Waals surface area contributed by atoms with Gasteiger partial charge in [0, 0.05) is 40.7 Å². The van der Waals surface area contributed by atoms with Crippen LogP contribution in [0.25, 0.3) is 0 Å². The quantitative estimate of drug-likeness (QED) is 0.854. The predicted octanol–water partition coefficient (Wildman–Crippen LogP) is 2.45. The molecular weight excluding hydrogens is 312 g/mol. The zero-order chi connectivity index (χ0) is 16.7. The Bertz CT molecular complexity index is 659. The van der Waals surface area contributed by atoms with Crippen molar-refractivity contribution in [3.63, 3.8) is 0 Å². The summed E-state index contributed by atoms with van der Waals surface area (Å²) in [6, 6.07) is 16.2. The molecule has 122 valence electrons. The van der Waals surface area contributed by atoms with Gasteiger partial charge in [-0.25, -0.2) is 4.79 Å². The number of benzene rings is 2. The van der Waals surface area contributed by atoms with Gasteiger partial charge in [-0.1, -0.05) is 30.3 Å². The molecule has 0 aliphatic heterocycles. The van der Waals surface area contributed by atoms with Crippen molar-refractivity contribution in [1.29, 1.82) is 0 Å². The van der Waals surface area contributed by atoms with Crippen molar-refractivity contribution in [1.82, 2.24) is 4.90 Å². The standard InChI is InChI=1S/C17H20N2O3S/c1-23(22)16-9-7-15(8-10-16)18-17(21)19(11-12-20)13-14-5-3-2-4-6-14/h2-10,20H,11-13H2,1H3,(H,18,21). The average molecular weight is 332 g/mol. The van der Waals surface area contributed by atoms with E-state index < -0.39 is 10.8 Å². The Morgan fingerprint density at radius 3 is 2.35 bits per heavy atom. The molecule has 2 aromatic rings. The van der Waals surface area contributed by atoms with E-state index in [0.29, 0.717) is 17.1 Å². The maximum Gasteiger partial charge on any atom is 0.322 e. The summed E-state index contributed by atoms with van der Waals surface area (Å²) in [5.41, 5.74) is 1.62. The fourth-order valence-corrected chi connectivity index (χ4v) is 2.63. The maximum absolute atomic E-state index is 12.4. The lowest BCUT2D eigenvalue weighted by Crippen LogP contribution is -2.36. The molecule has 2 aromatic carbocycles. The minimum Gasteiger partial charge on any atom is -0.395 e. The van der Waals surface area contributed by atoms with E-state index in [1.165, 1.54) is 0 Å². The second kappa shape index (κ2) is 8.45. The fourth-order valence-electron chi connectivity index (χ4n) is 2.11. The van der Waals surface area contributed by atoms with Gasteiger partial charge in [0.2, 0.25) is 0 Å². The van der Waals surface area contributed by atoms with Gasteiger partial charge in [-0.15, -0.1) is 0 Å². The van der Waals surface area contributed by atoms with Crippen molar-refractivity contribution in [2.45, 2.75) is 11.4 Å². The number of carbonyl (C=O) groups excluding carboxylic acids is 1. The topological polar surface area (TPSA) is 69.6 Å². The Kier molecular flexibility index (Phi) is 6.31. The summed E-state index contributed by atoms with van der Waals surface area (Å²) >= 11 is 0. The maximum atomic E-state index is 12.4. The van der Waals surface area contributed by atoms with Gasteiger partial charge in [0.25, 0.3) is 0 Å². The van der Waals surface area contributed by atoms with Gasteiger partial charge in [-0.3, -0.25) is 4.21 Å². The molecule has 0 saturated heterocycles. The molecule has 0 fully saturated rings. The molecule has 23 heavy (non-hydrogen) atoms. The number of hydrogen-bond donors (Lipinski definition) is 2. The molecule has 0 spiro atoms. The lowest BCUT2D eigenvalue weighted by molar-refractivity contribution is 0.185. The molecule has 0 saturated carbocycles. The van der Waals surface area contributed by atoms with Crippen LogP contribution in [0.5, 0.6) is 0 Å². The van der Waals surface area contributed by atoms with Crippen LogP contribution < -0.4 is 5.32 Å². The smallest absolute Gasteiger partial charge is 0.322 e. The molecule has 0 heterocycles. The average Bonchev–Trinajstić information content (AvgIpc) is 2.56. The van der Waals surface area contributed by atoms with Crippen LogP contribution in [0, 0.1) is 0 Å². The number of hydrogen-bond acceptors (Lipinski definition) is 3. The Morgan fingerprint density at radius 1 is 1.13 bits per heavy atom. The zero-order valence-electron chi connectivity index (χ0n) is 12.9. The van der Waals surface area contributed by atoms with Gasteiger partial charge < -0.3 is 15.3 Å². The summed E-state index contributed by atoms with van der Waals surface area (Å²) in [6.45, 7) is 0.566. The summed E-state index contributed by atoms with van der Waals surface area (Å²) in [4.78, 5) is 14.6. The number of carbonyl (C=O) groups is 1. The molecule has 2 amide bonds. The fraction of sp³-hybridized carbons (Fsp3) is 0.235. The van der Waals surface area contributed by atoms with Crippen LogP contribution in [0.3, 0.4) is 0 Å². The van der Waals surface area contributed by atoms with E-state index in [9.17, 15) is 14.1 Å².